The molecule has 3 nitrogen and oxygen atoms in total. The van der Waals surface area contributed by atoms with Crippen LogP contribution in [0.3, 0.4) is 0 Å². The van der Waals surface area contributed by atoms with Crippen molar-refractivity contribution >= 4 is 18.3 Å². The third kappa shape index (κ3) is 6.01. The lowest BCUT2D eigenvalue weighted by molar-refractivity contribution is -0.121. The van der Waals surface area contributed by atoms with E-state index in [4.69, 9.17) is 0 Å². The normalized spacial score (nSPS) is 21.4. The van der Waals surface area contributed by atoms with Gasteiger partial charge in [0.2, 0.25) is 5.91 Å². The molecule has 1 heterocycles. The third-order valence-electron chi connectivity index (χ3n) is 4.70. The summed E-state index contributed by atoms with van der Waals surface area (Å²) in [5.74, 6) is 1.78. The average molecular weight is 303 g/mol. The van der Waals surface area contributed by atoms with Crippen LogP contribution < -0.4 is 10.6 Å². The highest BCUT2D eigenvalue weighted by atomic mass is 35.5. The van der Waals surface area contributed by atoms with Crippen LogP contribution in [0.15, 0.2) is 0 Å². The summed E-state index contributed by atoms with van der Waals surface area (Å²) in [5.41, 5.74) is 0.457. The summed E-state index contributed by atoms with van der Waals surface area (Å²) in [6.07, 6.45) is 8.16. The second-order valence-electron chi connectivity index (χ2n) is 7.11. The molecule has 1 aliphatic heterocycles. The number of hydrogen-bond donors (Lipinski definition) is 2. The third-order valence-corrected chi connectivity index (χ3v) is 4.70. The van der Waals surface area contributed by atoms with Gasteiger partial charge in [-0.2, -0.15) is 0 Å². The smallest absolute Gasteiger partial charge is 0.220 e. The molecule has 1 saturated heterocycles. The zero-order valence-corrected chi connectivity index (χ0v) is 13.9. The lowest BCUT2D eigenvalue weighted by Crippen LogP contribution is -2.32. The van der Waals surface area contributed by atoms with E-state index in [1.54, 1.807) is 0 Å². The molecule has 2 fully saturated rings. The molecule has 0 spiro atoms. The molecule has 2 aliphatic rings. The molecule has 0 aromatic rings. The molecule has 1 amide bonds. The molecule has 1 aliphatic carbocycles. The van der Waals surface area contributed by atoms with E-state index in [0.29, 0.717) is 5.41 Å². The van der Waals surface area contributed by atoms with Crippen molar-refractivity contribution < 1.29 is 4.79 Å². The first-order chi connectivity index (χ1) is 9.10. The van der Waals surface area contributed by atoms with Crippen LogP contribution in [-0.2, 0) is 4.79 Å². The van der Waals surface area contributed by atoms with Crippen molar-refractivity contribution in [2.45, 2.75) is 58.8 Å². The SMILES string of the molecule is CC(C)CC1(CNC(=O)CCC2CCNCC2)CC1.Cl. The van der Waals surface area contributed by atoms with Crippen molar-refractivity contribution in [1.82, 2.24) is 10.6 Å². The Morgan fingerprint density at radius 2 is 1.95 bits per heavy atom. The minimum atomic E-state index is 0. The zero-order valence-electron chi connectivity index (χ0n) is 13.0. The first kappa shape index (κ1) is 17.8. The standard InChI is InChI=1S/C16H30N2O.ClH/c1-13(2)11-16(7-8-16)12-18-15(19)4-3-14-5-9-17-10-6-14;/h13-14,17H,3-12H2,1-2H3,(H,18,19);1H. The van der Waals surface area contributed by atoms with E-state index in [1.165, 1.54) is 32.1 Å². The Hall–Kier alpha value is -0.280. The van der Waals surface area contributed by atoms with E-state index in [1.807, 2.05) is 0 Å². The van der Waals surface area contributed by atoms with Crippen LogP contribution in [0.25, 0.3) is 0 Å². The highest BCUT2D eigenvalue weighted by Gasteiger charge is 2.42. The highest BCUT2D eigenvalue weighted by molar-refractivity contribution is 5.85. The Morgan fingerprint density at radius 1 is 1.30 bits per heavy atom. The van der Waals surface area contributed by atoms with Crippen LogP contribution in [0, 0.1) is 17.3 Å². The van der Waals surface area contributed by atoms with Gasteiger partial charge in [-0.25, -0.2) is 0 Å². The highest BCUT2D eigenvalue weighted by Crippen LogP contribution is 2.49. The zero-order chi connectivity index (χ0) is 13.7. The topological polar surface area (TPSA) is 41.1 Å². The van der Waals surface area contributed by atoms with E-state index in [0.717, 1.165) is 44.3 Å². The van der Waals surface area contributed by atoms with Gasteiger partial charge < -0.3 is 10.6 Å². The number of halogens is 1. The summed E-state index contributed by atoms with van der Waals surface area (Å²) in [5, 5.41) is 6.55. The van der Waals surface area contributed by atoms with Crippen molar-refractivity contribution in [3.05, 3.63) is 0 Å². The van der Waals surface area contributed by atoms with Gasteiger partial charge in [0.25, 0.3) is 0 Å². The number of hydrogen-bond acceptors (Lipinski definition) is 2. The van der Waals surface area contributed by atoms with Gasteiger partial charge in [-0.05, 0) is 68.9 Å². The van der Waals surface area contributed by atoms with Gasteiger partial charge in [0.1, 0.15) is 0 Å². The van der Waals surface area contributed by atoms with Gasteiger partial charge in [-0.3, -0.25) is 4.79 Å². The molecule has 2 rings (SSSR count). The predicted molar refractivity (Wildman–Crippen MR) is 86.2 cm³/mol. The second-order valence-corrected chi connectivity index (χ2v) is 7.11. The quantitative estimate of drug-likeness (QED) is 0.758. The summed E-state index contributed by atoms with van der Waals surface area (Å²) in [4.78, 5) is 11.9. The van der Waals surface area contributed by atoms with Crippen molar-refractivity contribution in [3.8, 4) is 0 Å². The fraction of sp³-hybridized carbons (Fsp3) is 0.938. The van der Waals surface area contributed by atoms with Crippen LogP contribution in [0.2, 0.25) is 0 Å². The van der Waals surface area contributed by atoms with E-state index in [2.05, 4.69) is 24.5 Å². The monoisotopic (exact) mass is 302 g/mol. The van der Waals surface area contributed by atoms with E-state index >= 15 is 0 Å². The van der Waals surface area contributed by atoms with Gasteiger partial charge in [-0.15, -0.1) is 12.4 Å². The molecule has 0 radical (unpaired) electrons. The Kier molecular flexibility index (Phi) is 7.32. The van der Waals surface area contributed by atoms with E-state index in [-0.39, 0.29) is 18.3 Å². The van der Waals surface area contributed by atoms with E-state index < -0.39 is 0 Å². The molecule has 4 heteroatoms. The number of carbonyl (C=O) groups is 1. The Labute approximate surface area is 130 Å². The first-order valence-corrected chi connectivity index (χ1v) is 8.07. The fourth-order valence-electron chi connectivity index (χ4n) is 3.38. The summed E-state index contributed by atoms with van der Waals surface area (Å²) in [6, 6.07) is 0. The fourth-order valence-corrected chi connectivity index (χ4v) is 3.38. The molecule has 0 aromatic heterocycles. The summed E-state index contributed by atoms with van der Waals surface area (Å²) >= 11 is 0. The molecule has 0 atom stereocenters. The molecular weight excluding hydrogens is 272 g/mol. The Bertz CT molecular complexity index is 297. The van der Waals surface area contributed by atoms with Crippen molar-refractivity contribution in [2.24, 2.45) is 17.3 Å². The molecule has 20 heavy (non-hydrogen) atoms. The van der Waals surface area contributed by atoms with Crippen LogP contribution in [0.1, 0.15) is 58.8 Å². The number of piperidine rings is 1. The molecular formula is C16H31ClN2O. The number of rotatable bonds is 7. The minimum absolute atomic E-state index is 0. The summed E-state index contributed by atoms with van der Waals surface area (Å²) in [7, 11) is 0. The lowest BCUT2D eigenvalue weighted by atomic mass is 9.92. The van der Waals surface area contributed by atoms with Crippen LogP contribution in [0.5, 0.6) is 0 Å². The Balaban J connectivity index is 0.00000200. The lowest BCUT2D eigenvalue weighted by Gasteiger charge is -2.22. The maximum Gasteiger partial charge on any atom is 0.220 e. The summed E-state index contributed by atoms with van der Waals surface area (Å²) < 4.78 is 0. The van der Waals surface area contributed by atoms with E-state index in [9.17, 15) is 4.79 Å². The number of carbonyl (C=O) groups excluding carboxylic acids is 1. The minimum Gasteiger partial charge on any atom is -0.356 e. The second kappa shape index (κ2) is 8.23. The first-order valence-electron chi connectivity index (χ1n) is 8.07. The van der Waals surface area contributed by atoms with Gasteiger partial charge in [-0.1, -0.05) is 13.8 Å². The largest absolute Gasteiger partial charge is 0.356 e. The molecule has 2 N–H and O–H groups in total. The number of nitrogens with one attached hydrogen (secondary N) is 2. The summed E-state index contributed by atoms with van der Waals surface area (Å²) in [6.45, 7) is 7.72. The van der Waals surface area contributed by atoms with Crippen LogP contribution >= 0.6 is 12.4 Å². The van der Waals surface area contributed by atoms with Gasteiger partial charge in [0.15, 0.2) is 0 Å². The Morgan fingerprint density at radius 3 is 2.50 bits per heavy atom. The van der Waals surface area contributed by atoms with Crippen molar-refractivity contribution in [3.63, 3.8) is 0 Å². The molecule has 1 saturated carbocycles. The maximum atomic E-state index is 11.9. The average Bonchev–Trinajstić information content (AvgIpc) is 3.14. The molecule has 0 unspecified atom stereocenters. The van der Waals surface area contributed by atoms with Gasteiger partial charge in [0, 0.05) is 13.0 Å². The van der Waals surface area contributed by atoms with Crippen molar-refractivity contribution in [2.75, 3.05) is 19.6 Å². The van der Waals surface area contributed by atoms with Gasteiger partial charge >= 0.3 is 0 Å². The molecule has 118 valence electrons. The molecule has 0 aromatic carbocycles. The maximum absolute atomic E-state index is 11.9. The van der Waals surface area contributed by atoms with Crippen LogP contribution in [-0.4, -0.2) is 25.5 Å². The van der Waals surface area contributed by atoms with Crippen LogP contribution in [0.4, 0.5) is 0 Å². The van der Waals surface area contributed by atoms with Crippen molar-refractivity contribution in [1.29, 1.82) is 0 Å². The predicted octanol–water partition coefficient (Wildman–Crippen LogP) is 3.13. The van der Waals surface area contributed by atoms with Gasteiger partial charge in [0.05, 0.1) is 0 Å². The number of amides is 1. The molecule has 0 bridgehead atoms.